The average Bonchev–Trinajstić information content (AvgIpc) is 2.33. The lowest BCUT2D eigenvalue weighted by Crippen LogP contribution is -2.43. The zero-order chi connectivity index (χ0) is 14.5. The normalized spacial score (nSPS) is 11.2. The number of carbonyl (C=O) groups excluding carboxylic acids is 1. The Morgan fingerprint density at radius 3 is 2.63 bits per heavy atom. The molecule has 0 unspecified atom stereocenters. The topological polar surface area (TPSA) is 50.4 Å². The van der Waals surface area contributed by atoms with Crippen molar-refractivity contribution < 1.29 is 9.53 Å². The van der Waals surface area contributed by atoms with Crippen molar-refractivity contribution in [2.24, 2.45) is 0 Å². The number of hydrogen-bond donors (Lipinski definition) is 2. The van der Waals surface area contributed by atoms with Crippen molar-refractivity contribution >= 4 is 17.5 Å². The maximum atomic E-state index is 11.7. The fourth-order valence-corrected chi connectivity index (χ4v) is 1.73. The lowest BCUT2D eigenvalue weighted by molar-refractivity contribution is -0.120. The monoisotopic (exact) mass is 284 g/mol. The summed E-state index contributed by atoms with van der Waals surface area (Å²) in [6.07, 6.45) is 0. The van der Waals surface area contributed by atoms with Gasteiger partial charge in [-0.05, 0) is 32.9 Å². The molecule has 0 saturated heterocycles. The van der Waals surface area contributed by atoms with Crippen LogP contribution in [0.4, 0.5) is 0 Å². The highest BCUT2D eigenvalue weighted by molar-refractivity contribution is 6.31. The van der Waals surface area contributed by atoms with Crippen molar-refractivity contribution in [3.05, 3.63) is 28.8 Å². The summed E-state index contributed by atoms with van der Waals surface area (Å²) in [5.41, 5.74) is 0.704. The summed E-state index contributed by atoms with van der Waals surface area (Å²) in [6.45, 7) is 6.66. The van der Waals surface area contributed by atoms with E-state index in [1.807, 2.05) is 32.9 Å². The molecule has 0 radical (unpaired) electrons. The van der Waals surface area contributed by atoms with E-state index in [4.69, 9.17) is 16.3 Å². The van der Waals surface area contributed by atoms with E-state index < -0.39 is 0 Å². The number of ether oxygens (including phenoxy) is 1. The third kappa shape index (κ3) is 5.49. The van der Waals surface area contributed by atoms with Crippen LogP contribution in [0.1, 0.15) is 26.3 Å². The van der Waals surface area contributed by atoms with Crippen molar-refractivity contribution in [3.8, 4) is 5.75 Å². The molecule has 0 fully saturated rings. The first-order valence-electron chi connectivity index (χ1n) is 6.16. The van der Waals surface area contributed by atoms with E-state index in [0.717, 1.165) is 5.56 Å². The predicted octanol–water partition coefficient (Wildman–Crippen LogP) is 2.35. The Balaban J connectivity index is 2.55. The highest BCUT2D eigenvalue weighted by Gasteiger charge is 2.12. The fraction of sp³-hybridized carbons (Fsp3) is 0.500. The first kappa shape index (κ1) is 15.8. The van der Waals surface area contributed by atoms with Gasteiger partial charge in [-0.3, -0.25) is 4.79 Å². The highest BCUT2D eigenvalue weighted by Crippen LogP contribution is 2.25. The van der Waals surface area contributed by atoms with Gasteiger partial charge in [0.2, 0.25) is 5.91 Å². The number of carbonyl (C=O) groups is 1. The smallest absolute Gasteiger partial charge is 0.234 e. The Kier molecular flexibility index (Phi) is 5.63. The summed E-state index contributed by atoms with van der Waals surface area (Å²) >= 11 is 6.09. The lowest BCUT2D eigenvalue weighted by Gasteiger charge is -2.20. The summed E-state index contributed by atoms with van der Waals surface area (Å²) < 4.78 is 5.22. The van der Waals surface area contributed by atoms with Gasteiger partial charge >= 0.3 is 0 Å². The van der Waals surface area contributed by atoms with Gasteiger partial charge in [-0.15, -0.1) is 0 Å². The van der Waals surface area contributed by atoms with Crippen LogP contribution >= 0.6 is 11.6 Å². The average molecular weight is 285 g/mol. The summed E-state index contributed by atoms with van der Waals surface area (Å²) in [6, 6.07) is 5.41. The molecule has 0 bridgehead atoms. The van der Waals surface area contributed by atoms with Gasteiger partial charge in [0.25, 0.3) is 0 Å². The molecule has 0 aliphatic carbocycles. The molecule has 1 amide bonds. The highest BCUT2D eigenvalue weighted by atomic mass is 35.5. The molecule has 19 heavy (non-hydrogen) atoms. The molecule has 0 aliphatic rings. The van der Waals surface area contributed by atoms with Gasteiger partial charge in [-0.2, -0.15) is 0 Å². The van der Waals surface area contributed by atoms with Gasteiger partial charge in [0, 0.05) is 22.7 Å². The van der Waals surface area contributed by atoms with Gasteiger partial charge in [-0.25, -0.2) is 0 Å². The molecule has 0 heterocycles. The molecule has 106 valence electrons. The number of benzene rings is 1. The molecule has 0 saturated carbocycles. The van der Waals surface area contributed by atoms with Gasteiger partial charge in [0.05, 0.1) is 13.7 Å². The van der Waals surface area contributed by atoms with Crippen LogP contribution in [0.25, 0.3) is 0 Å². The molecule has 1 aromatic rings. The van der Waals surface area contributed by atoms with Crippen molar-refractivity contribution in [2.45, 2.75) is 32.9 Å². The van der Waals surface area contributed by atoms with Crippen molar-refractivity contribution in [1.29, 1.82) is 0 Å². The lowest BCUT2D eigenvalue weighted by atomic mass is 10.1. The van der Waals surface area contributed by atoms with Gasteiger partial charge in [0.15, 0.2) is 0 Å². The minimum Gasteiger partial charge on any atom is -0.496 e. The first-order chi connectivity index (χ1) is 8.83. The molecule has 1 rings (SSSR count). The molecule has 0 aromatic heterocycles. The number of nitrogens with one attached hydrogen (secondary N) is 2. The maximum absolute atomic E-state index is 11.7. The summed E-state index contributed by atoms with van der Waals surface area (Å²) in [4.78, 5) is 11.7. The Hall–Kier alpha value is -1.26. The van der Waals surface area contributed by atoms with Crippen LogP contribution in [0.3, 0.4) is 0 Å². The Morgan fingerprint density at radius 2 is 2.05 bits per heavy atom. The van der Waals surface area contributed by atoms with Crippen LogP contribution in [0, 0.1) is 0 Å². The molecule has 5 heteroatoms. The number of halogens is 1. The predicted molar refractivity (Wildman–Crippen MR) is 77.6 cm³/mol. The molecule has 0 aliphatic heterocycles. The van der Waals surface area contributed by atoms with E-state index in [1.54, 1.807) is 13.2 Å². The van der Waals surface area contributed by atoms with Crippen molar-refractivity contribution in [3.63, 3.8) is 0 Å². The second-order valence-corrected chi connectivity index (χ2v) is 5.71. The molecule has 0 spiro atoms. The largest absolute Gasteiger partial charge is 0.496 e. The van der Waals surface area contributed by atoms with Gasteiger partial charge in [-0.1, -0.05) is 17.7 Å². The standard InChI is InChI=1S/C14H21ClN2O2/c1-14(2,3)17-9-13(18)16-8-10-11(15)6-5-7-12(10)19-4/h5-7,17H,8-9H2,1-4H3,(H,16,18). The number of hydrogen-bond acceptors (Lipinski definition) is 3. The number of methoxy groups -OCH3 is 1. The second-order valence-electron chi connectivity index (χ2n) is 5.30. The van der Waals surface area contributed by atoms with Crippen molar-refractivity contribution in [2.75, 3.05) is 13.7 Å². The third-order valence-electron chi connectivity index (χ3n) is 2.54. The van der Waals surface area contributed by atoms with E-state index in [9.17, 15) is 4.79 Å². The quantitative estimate of drug-likeness (QED) is 0.873. The molecular formula is C14H21ClN2O2. The third-order valence-corrected chi connectivity index (χ3v) is 2.89. The van der Waals surface area contributed by atoms with Crippen LogP contribution in [0.15, 0.2) is 18.2 Å². The van der Waals surface area contributed by atoms with Gasteiger partial charge in [0.1, 0.15) is 5.75 Å². The first-order valence-corrected chi connectivity index (χ1v) is 6.54. The Labute approximate surface area is 119 Å². The zero-order valence-corrected chi connectivity index (χ0v) is 12.6. The number of rotatable bonds is 5. The maximum Gasteiger partial charge on any atom is 0.234 e. The Morgan fingerprint density at radius 1 is 1.37 bits per heavy atom. The van der Waals surface area contributed by atoms with E-state index in [1.165, 1.54) is 0 Å². The van der Waals surface area contributed by atoms with Crippen LogP contribution in [-0.2, 0) is 11.3 Å². The minimum absolute atomic E-state index is 0.0723. The summed E-state index contributed by atoms with van der Waals surface area (Å²) in [5.74, 6) is 0.605. The van der Waals surface area contributed by atoms with Crippen molar-refractivity contribution in [1.82, 2.24) is 10.6 Å². The molecular weight excluding hydrogens is 264 g/mol. The van der Waals surface area contributed by atoms with Gasteiger partial charge < -0.3 is 15.4 Å². The van der Waals surface area contributed by atoms with E-state index >= 15 is 0 Å². The molecule has 1 aromatic carbocycles. The molecule has 2 N–H and O–H groups in total. The van der Waals surface area contributed by atoms with Crippen LogP contribution in [-0.4, -0.2) is 25.1 Å². The van der Waals surface area contributed by atoms with Crippen LogP contribution < -0.4 is 15.4 Å². The van der Waals surface area contributed by atoms with E-state index in [-0.39, 0.29) is 18.0 Å². The van der Waals surface area contributed by atoms with Crippen LogP contribution in [0.5, 0.6) is 5.75 Å². The summed E-state index contributed by atoms with van der Waals surface area (Å²) in [5, 5.41) is 6.53. The van der Waals surface area contributed by atoms with E-state index in [0.29, 0.717) is 17.3 Å². The number of amides is 1. The molecule has 0 atom stereocenters. The Bertz CT molecular complexity index is 442. The summed E-state index contributed by atoms with van der Waals surface area (Å²) in [7, 11) is 1.58. The zero-order valence-electron chi connectivity index (χ0n) is 11.8. The van der Waals surface area contributed by atoms with E-state index in [2.05, 4.69) is 10.6 Å². The van der Waals surface area contributed by atoms with Crippen LogP contribution in [0.2, 0.25) is 5.02 Å². The molecule has 4 nitrogen and oxygen atoms in total. The minimum atomic E-state index is -0.0839. The SMILES string of the molecule is COc1cccc(Cl)c1CNC(=O)CNC(C)(C)C. The second kappa shape index (κ2) is 6.78. The fourth-order valence-electron chi connectivity index (χ4n) is 1.50.